The molecule has 0 aliphatic rings. The van der Waals surface area contributed by atoms with Crippen LogP contribution in [0.15, 0.2) is 60.7 Å². The Morgan fingerprint density at radius 3 is 1.43 bits per heavy atom. The molecule has 0 saturated heterocycles. The van der Waals surface area contributed by atoms with Crippen LogP contribution in [-0.4, -0.2) is 38.5 Å². The van der Waals surface area contributed by atoms with Gasteiger partial charge in [0.05, 0.1) is 13.2 Å². The number of rotatable bonds is 14. The van der Waals surface area contributed by atoms with Gasteiger partial charge in [-0.15, -0.1) is 9.05 Å². The Hall–Kier alpha value is -2.02. The first-order valence-corrected chi connectivity index (χ1v) is 11.1. The van der Waals surface area contributed by atoms with Crippen molar-refractivity contribution in [1.82, 2.24) is 0 Å². The minimum atomic E-state index is -2.29. The molecular formula is C22H32N2O5P+. The van der Waals surface area contributed by atoms with Crippen LogP contribution >= 0.6 is 8.25 Å². The van der Waals surface area contributed by atoms with Crippen molar-refractivity contribution in [2.45, 2.75) is 25.9 Å². The van der Waals surface area contributed by atoms with Crippen molar-refractivity contribution >= 4 is 8.25 Å². The van der Waals surface area contributed by atoms with Crippen LogP contribution in [0.1, 0.15) is 13.8 Å². The zero-order valence-electron chi connectivity index (χ0n) is 17.6. The Morgan fingerprint density at radius 1 is 0.700 bits per heavy atom. The van der Waals surface area contributed by atoms with Gasteiger partial charge in [0, 0.05) is 28.5 Å². The number of ether oxygens (including phenoxy) is 2. The molecule has 0 fully saturated rings. The third kappa shape index (κ3) is 9.20. The van der Waals surface area contributed by atoms with E-state index in [0.717, 1.165) is 11.5 Å². The van der Waals surface area contributed by atoms with Crippen LogP contribution < -0.4 is 20.9 Å². The molecule has 0 aliphatic heterocycles. The monoisotopic (exact) mass is 435 g/mol. The van der Waals surface area contributed by atoms with Crippen molar-refractivity contribution in [1.29, 1.82) is 0 Å². The predicted octanol–water partition coefficient (Wildman–Crippen LogP) is 3.76. The van der Waals surface area contributed by atoms with Crippen LogP contribution in [0.25, 0.3) is 0 Å². The summed E-state index contributed by atoms with van der Waals surface area (Å²) in [5.41, 5.74) is 12.2. The molecule has 0 saturated carbocycles. The summed E-state index contributed by atoms with van der Waals surface area (Å²) in [6.45, 7) is 5.00. The average Bonchev–Trinajstić information content (AvgIpc) is 2.79. The zero-order valence-corrected chi connectivity index (χ0v) is 18.4. The fourth-order valence-electron chi connectivity index (χ4n) is 2.40. The van der Waals surface area contributed by atoms with Crippen molar-refractivity contribution in [2.75, 3.05) is 26.4 Å². The number of benzene rings is 2. The van der Waals surface area contributed by atoms with Gasteiger partial charge in [-0.05, 0) is 24.3 Å². The lowest BCUT2D eigenvalue weighted by atomic mass is 10.1. The molecule has 30 heavy (non-hydrogen) atoms. The summed E-state index contributed by atoms with van der Waals surface area (Å²) in [7, 11) is -2.29. The quantitative estimate of drug-likeness (QED) is 0.435. The summed E-state index contributed by atoms with van der Waals surface area (Å²) in [6, 6.07) is 18.4. The van der Waals surface area contributed by atoms with E-state index in [-0.39, 0.29) is 37.1 Å². The van der Waals surface area contributed by atoms with Gasteiger partial charge in [-0.2, -0.15) is 0 Å². The molecule has 0 aromatic heterocycles. The molecule has 7 nitrogen and oxygen atoms in total. The molecule has 0 aliphatic carbocycles. The van der Waals surface area contributed by atoms with Crippen LogP contribution in [0, 0.1) is 11.8 Å². The minimum Gasteiger partial charge on any atom is -0.493 e. The molecule has 164 valence electrons. The largest absolute Gasteiger partial charge is 0.697 e. The maximum absolute atomic E-state index is 12.0. The summed E-state index contributed by atoms with van der Waals surface area (Å²) < 4.78 is 33.9. The lowest BCUT2D eigenvalue weighted by Crippen LogP contribution is -2.36. The van der Waals surface area contributed by atoms with E-state index in [1.165, 1.54) is 0 Å². The number of hydrogen-bond donors (Lipinski definition) is 2. The van der Waals surface area contributed by atoms with Crippen LogP contribution in [0.3, 0.4) is 0 Å². The highest BCUT2D eigenvalue weighted by molar-refractivity contribution is 7.33. The summed E-state index contributed by atoms with van der Waals surface area (Å²) in [5.74, 6) is 1.61. The molecule has 4 unspecified atom stereocenters. The molecule has 0 bridgehead atoms. The highest BCUT2D eigenvalue weighted by atomic mass is 31.1. The van der Waals surface area contributed by atoms with E-state index in [4.69, 9.17) is 30.0 Å². The predicted molar refractivity (Wildman–Crippen MR) is 118 cm³/mol. The van der Waals surface area contributed by atoms with Gasteiger partial charge in [-0.25, -0.2) is 0 Å². The van der Waals surface area contributed by atoms with Crippen molar-refractivity contribution in [2.24, 2.45) is 23.3 Å². The second kappa shape index (κ2) is 13.3. The van der Waals surface area contributed by atoms with Crippen molar-refractivity contribution in [3.8, 4) is 11.5 Å². The molecule has 4 N–H and O–H groups in total. The van der Waals surface area contributed by atoms with Crippen LogP contribution in [0.2, 0.25) is 0 Å². The maximum Gasteiger partial charge on any atom is 0.697 e. The lowest BCUT2D eigenvalue weighted by molar-refractivity contribution is 0.156. The molecule has 0 radical (unpaired) electrons. The molecule has 2 aromatic carbocycles. The first-order chi connectivity index (χ1) is 14.5. The summed E-state index contributed by atoms with van der Waals surface area (Å²) in [6.07, 6.45) is 0. The molecular weight excluding hydrogens is 403 g/mol. The van der Waals surface area contributed by atoms with Gasteiger partial charge >= 0.3 is 8.25 Å². The highest BCUT2D eigenvalue weighted by Crippen LogP contribution is 2.25. The topological polar surface area (TPSA) is 106 Å². The summed E-state index contributed by atoms with van der Waals surface area (Å²) in [4.78, 5) is 0. The van der Waals surface area contributed by atoms with E-state index in [0.29, 0.717) is 13.2 Å². The number of nitrogens with two attached hydrogens (primary N) is 2. The third-order valence-electron chi connectivity index (χ3n) is 4.72. The standard InChI is InChI=1S/C22H32N2O5P/c1-17(13-26-19-9-5-3-6-10-19)21(23)15-28-30(25)29-16-22(24)18(2)14-27-20-11-7-4-8-12-20/h3-12,17-18,21-22H,13-16,23-24H2,1-2H3/q+1. The summed E-state index contributed by atoms with van der Waals surface area (Å²) >= 11 is 0. The molecule has 0 heterocycles. The Balaban J connectivity index is 1.59. The Kier molecular flexibility index (Phi) is 10.8. The van der Waals surface area contributed by atoms with Crippen LogP contribution in [-0.2, 0) is 13.6 Å². The Morgan fingerprint density at radius 2 is 1.07 bits per heavy atom. The van der Waals surface area contributed by atoms with E-state index in [1.807, 2.05) is 74.5 Å². The Bertz CT molecular complexity index is 673. The van der Waals surface area contributed by atoms with Gasteiger partial charge in [-0.3, -0.25) is 0 Å². The van der Waals surface area contributed by atoms with Crippen LogP contribution in [0.5, 0.6) is 11.5 Å². The smallest absolute Gasteiger partial charge is 0.493 e. The van der Waals surface area contributed by atoms with Gasteiger partial charge in [0.2, 0.25) is 0 Å². The van der Waals surface area contributed by atoms with Crippen molar-refractivity contribution < 1.29 is 23.1 Å². The highest BCUT2D eigenvalue weighted by Gasteiger charge is 2.27. The van der Waals surface area contributed by atoms with E-state index < -0.39 is 8.25 Å². The Labute approximate surface area is 179 Å². The first-order valence-electron chi connectivity index (χ1n) is 10.1. The molecule has 4 atom stereocenters. The van der Waals surface area contributed by atoms with Gasteiger partial charge in [0.1, 0.15) is 24.7 Å². The maximum atomic E-state index is 12.0. The van der Waals surface area contributed by atoms with Crippen molar-refractivity contribution in [3.63, 3.8) is 0 Å². The fourth-order valence-corrected chi connectivity index (χ4v) is 3.06. The lowest BCUT2D eigenvalue weighted by Gasteiger charge is -2.18. The minimum absolute atomic E-state index is 0.0195. The van der Waals surface area contributed by atoms with E-state index >= 15 is 0 Å². The average molecular weight is 435 g/mol. The number of hydrogen-bond acceptors (Lipinski definition) is 7. The molecule has 0 spiro atoms. The third-order valence-corrected chi connectivity index (χ3v) is 5.44. The van der Waals surface area contributed by atoms with Crippen molar-refractivity contribution in [3.05, 3.63) is 60.7 Å². The number of para-hydroxylation sites is 2. The molecule has 2 aromatic rings. The zero-order chi connectivity index (χ0) is 21.8. The van der Waals surface area contributed by atoms with E-state index in [2.05, 4.69) is 0 Å². The fraction of sp³-hybridized carbons (Fsp3) is 0.455. The van der Waals surface area contributed by atoms with E-state index in [1.54, 1.807) is 0 Å². The molecule has 8 heteroatoms. The first kappa shape index (κ1) is 24.3. The second-order valence-electron chi connectivity index (χ2n) is 7.35. The molecule has 2 rings (SSSR count). The normalized spacial score (nSPS) is 15.7. The van der Waals surface area contributed by atoms with Crippen LogP contribution in [0.4, 0.5) is 0 Å². The van der Waals surface area contributed by atoms with Gasteiger partial charge in [-0.1, -0.05) is 50.2 Å². The van der Waals surface area contributed by atoms with E-state index in [9.17, 15) is 4.57 Å². The summed E-state index contributed by atoms with van der Waals surface area (Å²) in [5, 5.41) is 0. The SMILES string of the molecule is CC(COc1ccccc1)C(N)CO[P+](=O)OCC(N)C(C)COc1ccccc1. The second-order valence-corrected chi connectivity index (χ2v) is 8.31. The molecule has 0 amide bonds. The van der Waals surface area contributed by atoms with Gasteiger partial charge in [0.25, 0.3) is 0 Å². The van der Waals surface area contributed by atoms with Gasteiger partial charge < -0.3 is 20.9 Å². The van der Waals surface area contributed by atoms with Gasteiger partial charge in [0.15, 0.2) is 0 Å².